The summed E-state index contributed by atoms with van der Waals surface area (Å²) in [6.07, 6.45) is 6.31. The normalized spacial score (nSPS) is 39.4. The molecule has 1 saturated carbocycles. The van der Waals surface area contributed by atoms with Crippen LogP contribution < -0.4 is 0 Å². The number of hydrogen-bond donors (Lipinski definition) is 0. The Morgan fingerprint density at radius 1 is 1.33 bits per heavy atom. The van der Waals surface area contributed by atoms with E-state index in [1.807, 2.05) is 0 Å². The van der Waals surface area contributed by atoms with Crippen LogP contribution in [0.4, 0.5) is 0 Å². The average Bonchev–Trinajstić information content (AvgIpc) is 2.46. The Morgan fingerprint density at radius 3 is 2.61 bits per heavy atom. The summed E-state index contributed by atoms with van der Waals surface area (Å²) < 4.78 is 0. The predicted octanol–water partition coefficient (Wildman–Crippen LogP) is 4.03. The second-order valence-electron chi connectivity index (χ2n) is 7.17. The number of hydrogen-bond acceptors (Lipinski definition) is 2. The Balaban J connectivity index is 2.09. The molecule has 0 aromatic rings. The average molecular weight is 251 g/mol. The Bertz CT molecular complexity index is 330. The first-order valence-corrected chi connectivity index (χ1v) is 7.36. The fourth-order valence-electron chi connectivity index (χ4n) is 4.06. The minimum Gasteiger partial charge on any atom is -0.293 e. The van der Waals surface area contributed by atoms with E-state index in [0.717, 1.165) is 11.8 Å². The van der Waals surface area contributed by atoms with E-state index in [4.69, 9.17) is 4.84 Å². The standard InChI is InChI=1S/C16H29NO/c1-11(2)7-8-13-9-12(3)15-14(10-13)16(4,5)18-17(15)6/h7,12-15H,8-10H2,1-6H3. The van der Waals surface area contributed by atoms with Gasteiger partial charge in [-0.05, 0) is 58.8 Å². The highest BCUT2D eigenvalue weighted by Gasteiger charge is 2.52. The molecule has 4 unspecified atom stereocenters. The highest BCUT2D eigenvalue weighted by atomic mass is 16.7. The fourth-order valence-corrected chi connectivity index (χ4v) is 4.06. The van der Waals surface area contributed by atoms with Crippen molar-refractivity contribution < 1.29 is 4.84 Å². The highest BCUT2D eigenvalue weighted by Crippen LogP contribution is 2.48. The van der Waals surface area contributed by atoms with E-state index in [0.29, 0.717) is 12.0 Å². The molecule has 2 rings (SSSR count). The summed E-state index contributed by atoms with van der Waals surface area (Å²) in [5.41, 5.74) is 1.46. The maximum atomic E-state index is 6.06. The van der Waals surface area contributed by atoms with Crippen LogP contribution in [0.3, 0.4) is 0 Å². The van der Waals surface area contributed by atoms with Gasteiger partial charge in [0.2, 0.25) is 0 Å². The Morgan fingerprint density at radius 2 is 2.00 bits per heavy atom. The van der Waals surface area contributed by atoms with Gasteiger partial charge in [-0.2, -0.15) is 5.06 Å². The van der Waals surface area contributed by atoms with Crippen LogP contribution in [0, 0.1) is 17.8 Å². The topological polar surface area (TPSA) is 12.5 Å². The summed E-state index contributed by atoms with van der Waals surface area (Å²) in [4.78, 5) is 6.06. The molecule has 1 aliphatic carbocycles. The predicted molar refractivity (Wildman–Crippen MR) is 76.1 cm³/mol. The molecule has 0 radical (unpaired) electrons. The van der Waals surface area contributed by atoms with E-state index in [1.54, 1.807) is 0 Å². The zero-order valence-corrected chi connectivity index (χ0v) is 12.9. The molecular formula is C16H29NO. The fraction of sp³-hybridized carbons (Fsp3) is 0.875. The van der Waals surface area contributed by atoms with Gasteiger partial charge in [0, 0.05) is 19.0 Å². The van der Waals surface area contributed by atoms with Crippen molar-refractivity contribution in [3.05, 3.63) is 11.6 Å². The monoisotopic (exact) mass is 251 g/mol. The van der Waals surface area contributed by atoms with Gasteiger partial charge in [-0.1, -0.05) is 18.6 Å². The molecule has 2 aliphatic rings. The molecule has 0 spiro atoms. The molecule has 104 valence electrons. The van der Waals surface area contributed by atoms with Crippen LogP contribution in [0.1, 0.15) is 53.9 Å². The molecule has 4 atom stereocenters. The van der Waals surface area contributed by atoms with E-state index in [-0.39, 0.29) is 5.60 Å². The van der Waals surface area contributed by atoms with Crippen molar-refractivity contribution in [1.82, 2.24) is 5.06 Å². The molecule has 1 heterocycles. The Hall–Kier alpha value is -0.340. The summed E-state index contributed by atoms with van der Waals surface area (Å²) in [5.74, 6) is 2.26. The lowest BCUT2D eigenvalue weighted by molar-refractivity contribution is -0.182. The summed E-state index contributed by atoms with van der Waals surface area (Å²) in [6, 6.07) is 0.614. The first-order chi connectivity index (χ1) is 8.31. The minimum absolute atomic E-state index is 0.0112. The summed E-state index contributed by atoms with van der Waals surface area (Å²) in [6.45, 7) is 11.3. The molecule has 2 fully saturated rings. The third-order valence-corrected chi connectivity index (χ3v) is 4.84. The molecule has 0 amide bonds. The number of rotatable bonds is 2. The van der Waals surface area contributed by atoms with Gasteiger partial charge < -0.3 is 0 Å². The quantitative estimate of drug-likeness (QED) is 0.687. The first-order valence-electron chi connectivity index (χ1n) is 7.36. The number of fused-ring (bicyclic) bond motifs is 1. The van der Waals surface area contributed by atoms with Crippen molar-refractivity contribution >= 4 is 0 Å². The molecule has 0 N–H and O–H groups in total. The molecule has 18 heavy (non-hydrogen) atoms. The van der Waals surface area contributed by atoms with Crippen molar-refractivity contribution in [2.45, 2.75) is 65.5 Å². The van der Waals surface area contributed by atoms with Gasteiger partial charge in [-0.25, -0.2) is 0 Å². The summed E-state index contributed by atoms with van der Waals surface area (Å²) in [5, 5.41) is 2.13. The van der Waals surface area contributed by atoms with Crippen molar-refractivity contribution in [3.8, 4) is 0 Å². The third kappa shape index (κ3) is 2.65. The van der Waals surface area contributed by atoms with E-state index < -0.39 is 0 Å². The van der Waals surface area contributed by atoms with Crippen LogP contribution >= 0.6 is 0 Å². The van der Waals surface area contributed by atoms with Gasteiger partial charge in [0.15, 0.2) is 0 Å². The Labute approximate surface area is 112 Å². The maximum absolute atomic E-state index is 6.06. The van der Waals surface area contributed by atoms with Crippen molar-refractivity contribution in [1.29, 1.82) is 0 Å². The molecular weight excluding hydrogens is 222 g/mol. The highest BCUT2D eigenvalue weighted by molar-refractivity contribution is 5.02. The van der Waals surface area contributed by atoms with Crippen molar-refractivity contribution in [2.75, 3.05) is 7.05 Å². The van der Waals surface area contributed by atoms with Crippen LogP contribution in [0.25, 0.3) is 0 Å². The largest absolute Gasteiger partial charge is 0.293 e. The summed E-state index contributed by atoms with van der Waals surface area (Å²) >= 11 is 0. The lowest BCUT2D eigenvalue weighted by atomic mass is 9.67. The van der Waals surface area contributed by atoms with Crippen LogP contribution in [0.5, 0.6) is 0 Å². The molecule has 2 nitrogen and oxygen atoms in total. The molecule has 2 heteroatoms. The van der Waals surface area contributed by atoms with Gasteiger partial charge in [0.25, 0.3) is 0 Å². The Kier molecular flexibility index (Phi) is 3.89. The second kappa shape index (κ2) is 4.97. The van der Waals surface area contributed by atoms with Gasteiger partial charge in [-0.3, -0.25) is 4.84 Å². The van der Waals surface area contributed by atoms with Gasteiger partial charge >= 0.3 is 0 Å². The SMILES string of the molecule is CC(C)=CCC1CC(C)C2C(C1)C(C)(C)ON2C. The number of allylic oxidation sites excluding steroid dienone is 2. The third-order valence-electron chi connectivity index (χ3n) is 4.84. The molecule has 0 aromatic carbocycles. The smallest absolute Gasteiger partial charge is 0.0887 e. The van der Waals surface area contributed by atoms with Gasteiger partial charge in [0.1, 0.15) is 0 Å². The van der Waals surface area contributed by atoms with E-state index in [2.05, 4.69) is 52.8 Å². The van der Waals surface area contributed by atoms with Crippen LogP contribution in [0.2, 0.25) is 0 Å². The molecule has 0 bridgehead atoms. The van der Waals surface area contributed by atoms with Gasteiger partial charge in [-0.15, -0.1) is 0 Å². The van der Waals surface area contributed by atoms with E-state index >= 15 is 0 Å². The van der Waals surface area contributed by atoms with E-state index in [9.17, 15) is 0 Å². The van der Waals surface area contributed by atoms with Crippen molar-refractivity contribution in [3.63, 3.8) is 0 Å². The lowest BCUT2D eigenvalue weighted by Gasteiger charge is -2.39. The van der Waals surface area contributed by atoms with Crippen LogP contribution in [-0.2, 0) is 4.84 Å². The van der Waals surface area contributed by atoms with Gasteiger partial charge in [0.05, 0.1) is 5.60 Å². The van der Waals surface area contributed by atoms with Crippen molar-refractivity contribution in [2.24, 2.45) is 17.8 Å². The molecule has 1 aliphatic heterocycles. The molecule has 0 aromatic heterocycles. The zero-order chi connectivity index (χ0) is 13.5. The minimum atomic E-state index is 0.0112. The van der Waals surface area contributed by atoms with Crippen LogP contribution in [-0.4, -0.2) is 23.8 Å². The van der Waals surface area contributed by atoms with E-state index in [1.165, 1.54) is 24.8 Å². The lowest BCUT2D eigenvalue weighted by Crippen LogP contribution is -2.43. The first kappa shape index (κ1) is 14.1. The number of nitrogens with zero attached hydrogens (tertiary/aromatic N) is 1. The van der Waals surface area contributed by atoms with Crippen LogP contribution in [0.15, 0.2) is 11.6 Å². The number of hydroxylamine groups is 2. The second-order valence-corrected chi connectivity index (χ2v) is 7.17. The zero-order valence-electron chi connectivity index (χ0n) is 12.9. The molecule has 1 saturated heterocycles. The summed E-state index contributed by atoms with van der Waals surface area (Å²) in [7, 11) is 2.11. The maximum Gasteiger partial charge on any atom is 0.0887 e.